The highest BCUT2D eigenvalue weighted by Gasteiger charge is 2.24. The van der Waals surface area contributed by atoms with Gasteiger partial charge in [0.2, 0.25) is 16.0 Å². The van der Waals surface area contributed by atoms with Crippen molar-refractivity contribution in [3.63, 3.8) is 0 Å². The quantitative estimate of drug-likeness (QED) is 0.333. The average molecular weight is 538 g/mol. The summed E-state index contributed by atoms with van der Waals surface area (Å²) in [6.45, 7) is 0.0502. The number of carbonyl (C=O) groups is 1. The zero-order valence-corrected chi connectivity index (χ0v) is 21.3. The Labute approximate surface area is 215 Å². The van der Waals surface area contributed by atoms with Gasteiger partial charge in [-0.1, -0.05) is 42.5 Å². The summed E-state index contributed by atoms with van der Waals surface area (Å²) < 4.78 is 53.9. The summed E-state index contributed by atoms with van der Waals surface area (Å²) in [5.74, 6) is -0.619. The van der Waals surface area contributed by atoms with E-state index >= 15 is 0 Å². The molecule has 4 rings (SSSR count). The first-order valence-electron chi connectivity index (χ1n) is 11.0. The predicted octanol–water partition coefficient (Wildman–Crippen LogP) is 3.50. The smallest absolute Gasteiger partial charge is 0.264 e. The van der Waals surface area contributed by atoms with E-state index in [-0.39, 0.29) is 28.6 Å². The van der Waals surface area contributed by atoms with Gasteiger partial charge in [0.15, 0.2) is 0 Å². The molecule has 0 radical (unpaired) electrons. The molecule has 1 amide bonds. The first kappa shape index (κ1) is 25.8. The predicted molar refractivity (Wildman–Crippen MR) is 141 cm³/mol. The highest BCUT2D eigenvalue weighted by Crippen LogP contribution is 2.26. The lowest BCUT2D eigenvalue weighted by Gasteiger charge is -2.24. The van der Waals surface area contributed by atoms with E-state index < -0.39 is 26.0 Å². The fraction of sp³-hybridized carbons (Fsp3) is 0.0800. The molecule has 10 nitrogen and oxygen atoms in total. The van der Waals surface area contributed by atoms with E-state index in [1.54, 1.807) is 48.5 Å². The highest BCUT2D eigenvalue weighted by atomic mass is 32.2. The zero-order chi connectivity index (χ0) is 26.5. The van der Waals surface area contributed by atoms with Crippen LogP contribution in [0.1, 0.15) is 15.9 Å². The molecule has 0 spiro atoms. The molecule has 3 aromatic carbocycles. The van der Waals surface area contributed by atoms with Crippen molar-refractivity contribution < 1.29 is 21.6 Å². The molecule has 0 saturated heterocycles. The number of para-hydroxylation sites is 1. The van der Waals surface area contributed by atoms with Crippen molar-refractivity contribution in [3.05, 3.63) is 108 Å². The Kier molecular flexibility index (Phi) is 7.50. The van der Waals surface area contributed by atoms with E-state index in [2.05, 4.69) is 20.0 Å². The molecular weight excluding hydrogens is 514 g/mol. The van der Waals surface area contributed by atoms with Gasteiger partial charge >= 0.3 is 0 Å². The number of nitrogens with one attached hydrogen (secondary N) is 2. The minimum Gasteiger partial charge on any atom is -0.322 e. The Hall–Kier alpha value is -4.29. The van der Waals surface area contributed by atoms with Gasteiger partial charge in [-0.3, -0.25) is 9.10 Å². The van der Waals surface area contributed by atoms with Crippen LogP contribution in [0.25, 0.3) is 0 Å². The van der Waals surface area contributed by atoms with Gasteiger partial charge in [0, 0.05) is 18.1 Å². The molecule has 0 bridgehead atoms. The monoisotopic (exact) mass is 537 g/mol. The van der Waals surface area contributed by atoms with Crippen molar-refractivity contribution in [1.82, 2.24) is 9.97 Å². The standard InChI is InChI=1S/C25H23N5O5S2/c1-36(32,33)30(18-19-8-3-2-4-9-19)23-11-6-5-10-22(23)24(31)28-20-12-14-21(15-13-20)37(34,35)29-25-26-16-7-17-27-25/h2-17H,18H2,1H3,(H,28,31)(H,26,27,29). The third-order valence-electron chi connectivity index (χ3n) is 5.20. The first-order chi connectivity index (χ1) is 17.6. The number of rotatable bonds is 9. The number of benzene rings is 3. The van der Waals surface area contributed by atoms with Gasteiger partial charge in [-0.2, -0.15) is 0 Å². The largest absolute Gasteiger partial charge is 0.322 e. The normalized spacial score (nSPS) is 11.5. The van der Waals surface area contributed by atoms with Crippen LogP contribution in [0.2, 0.25) is 0 Å². The molecule has 12 heteroatoms. The van der Waals surface area contributed by atoms with E-state index in [4.69, 9.17) is 0 Å². The number of sulfonamides is 2. The van der Waals surface area contributed by atoms with E-state index in [0.717, 1.165) is 11.8 Å². The minimum absolute atomic E-state index is 0.0502. The lowest BCUT2D eigenvalue weighted by atomic mass is 10.1. The Morgan fingerprint density at radius 1 is 0.811 bits per heavy atom. The van der Waals surface area contributed by atoms with E-state index in [0.29, 0.717) is 5.69 Å². The maximum atomic E-state index is 13.2. The molecule has 0 aliphatic rings. The molecule has 0 atom stereocenters. The minimum atomic E-state index is -3.94. The molecule has 0 fully saturated rings. The van der Waals surface area contributed by atoms with Crippen LogP contribution in [-0.4, -0.2) is 39.0 Å². The number of hydrogen-bond acceptors (Lipinski definition) is 7. The average Bonchev–Trinajstić information content (AvgIpc) is 2.88. The van der Waals surface area contributed by atoms with Crippen LogP contribution in [0.3, 0.4) is 0 Å². The van der Waals surface area contributed by atoms with Crippen LogP contribution in [0.15, 0.2) is 102 Å². The second-order valence-corrected chi connectivity index (χ2v) is 11.5. The molecule has 4 aromatic rings. The highest BCUT2D eigenvalue weighted by molar-refractivity contribution is 7.92. The van der Waals surface area contributed by atoms with Crippen molar-refractivity contribution in [2.24, 2.45) is 0 Å². The van der Waals surface area contributed by atoms with Crippen LogP contribution < -0.4 is 14.3 Å². The number of anilines is 3. The summed E-state index contributed by atoms with van der Waals surface area (Å²) in [6, 6.07) is 22.5. The summed E-state index contributed by atoms with van der Waals surface area (Å²) >= 11 is 0. The van der Waals surface area contributed by atoms with Crippen LogP contribution in [-0.2, 0) is 26.6 Å². The van der Waals surface area contributed by atoms with Crippen LogP contribution in [0, 0.1) is 0 Å². The summed E-state index contributed by atoms with van der Waals surface area (Å²) in [6.07, 6.45) is 3.90. The van der Waals surface area contributed by atoms with Gasteiger partial charge in [-0.25, -0.2) is 31.5 Å². The molecule has 1 aromatic heterocycles. The summed E-state index contributed by atoms with van der Waals surface area (Å²) in [4.78, 5) is 20.8. The fourth-order valence-electron chi connectivity index (χ4n) is 3.46. The maximum Gasteiger partial charge on any atom is 0.264 e. The van der Waals surface area contributed by atoms with Crippen molar-refractivity contribution in [2.45, 2.75) is 11.4 Å². The number of aromatic nitrogens is 2. The van der Waals surface area contributed by atoms with Gasteiger partial charge in [-0.05, 0) is 48.0 Å². The summed E-state index contributed by atoms with van der Waals surface area (Å²) in [7, 11) is -7.66. The topological polar surface area (TPSA) is 138 Å². The maximum absolute atomic E-state index is 13.2. The SMILES string of the molecule is CS(=O)(=O)N(Cc1ccccc1)c1ccccc1C(=O)Nc1ccc(S(=O)(=O)Nc2ncccn2)cc1. The summed E-state index contributed by atoms with van der Waals surface area (Å²) in [5, 5.41) is 2.70. The Morgan fingerprint density at radius 3 is 2.08 bits per heavy atom. The van der Waals surface area contributed by atoms with E-state index in [1.165, 1.54) is 47.0 Å². The van der Waals surface area contributed by atoms with Crippen molar-refractivity contribution in [1.29, 1.82) is 0 Å². The molecule has 37 heavy (non-hydrogen) atoms. The number of amides is 1. The zero-order valence-electron chi connectivity index (χ0n) is 19.6. The van der Waals surface area contributed by atoms with Crippen LogP contribution >= 0.6 is 0 Å². The number of hydrogen-bond donors (Lipinski definition) is 2. The molecule has 2 N–H and O–H groups in total. The van der Waals surface area contributed by atoms with Crippen molar-refractivity contribution in [2.75, 3.05) is 20.6 Å². The van der Waals surface area contributed by atoms with Crippen LogP contribution in [0.5, 0.6) is 0 Å². The van der Waals surface area contributed by atoms with Gasteiger partial charge in [0.1, 0.15) is 0 Å². The fourth-order valence-corrected chi connectivity index (χ4v) is 5.32. The lowest BCUT2D eigenvalue weighted by Crippen LogP contribution is -2.31. The third kappa shape index (κ3) is 6.48. The lowest BCUT2D eigenvalue weighted by molar-refractivity contribution is 0.102. The van der Waals surface area contributed by atoms with Crippen molar-refractivity contribution >= 4 is 43.3 Å². The molecule has 0 aliphatic carbocycles. The van der Waals surface area contributed by atoms with E-state index in [1.807, 2.05) is 6.07 Å². The Morgan fingerprint density at radius 2 is 1.43 bits per heavy atom. The Balaban J connectivity index is 1.56. The second kappa shape index (κ2) is 10.8. The molecular formula is C25H23N5O5S2. The Bertz CT molecular complexity index is 1600. The van der Waals surface area contributed by atoms with Crippen LogP contribution in [0.4, 0.5) is 17.3 Å². The van der Waals surface area contributed by atoms with Gasteiger partial charge in [-0.15, -0.1) is 0 Å². The first-order valence-corrected chi connectivity index (χ1v) is 14.3. The molecule has 1 heterocycles. The molecule has 0 saturated carbocycles. The third-order valence-corrected chi connectivity index (χ3v) is 7.67. The number of nitrogens with zero attached hydrogens (tertiary/aromatic N) is 3. The second-order valence-electron chi connectivity index (χ2n) is 7.93. The summed E-state index contributed by atoms with van der Waals surface area (Å²) in [5.41, 5.74) is 1.44. The van der Waals surface area contributed by atoms with Gasteiger partial charge in [0.05, 0.1) is 28.9 Å². The molecule has 0 aliphatic heterocycles. The number of carbonyl (C=O) groups excluding carboxylic acids is 1. The molecule has 0 unspecified atom stereocenters. The van der Waals surface area contributed by atoms with Gasteiger partial charge < -0.3 is 5.32 Å². The van der Waals surface area contributed by atoms with Gasteiger partial charge in [0.25, 0.3) is 15.9 Å². The van der Waals surface area contributed by atoms with Crippen molar-refractivity contribution in [3.8, 4) is 0 Å². The molecule has 190 valence electrons. The van der Waals surface area contributed by atoms with E-state index in [9.17, 15) is 21.6 Å².